The SMILES string of the molecule is O=C(Nc1ccc(CCCl)cc1)c1ccc(=O)[nH]n1. The van der Waals surface area contributed by atoms with Gasteiger partial charge in [-0.2, -0.15) is 5.10 Å². The van der Waals surface area contributed by atoms with Crippen molar-refractivity contribution in [1.82, 2.24) is 10.2 Å². The first-order valence-electron chi connectivity index (χ1n) is 5.71. The molecule has 0 radical (unpaired) electrons. The van der Waals surface area contributed by atoms with Crippen LogP contribution in [0.15, 0.2) is 41.2 Å². The monoisotopic (exact) mass is 277 g/mol. The Morgan fingerprint density at radius 1 is 1.21 bits per heavy atom. The summed E-state index contributed by atoms with van der Waals surface area (Å²) >= 11 is 5.65. The van der Waals surface area contributed by atoms with E-state index in [2.05, 4.69) is 15.5 Å². The van der Waals surface area contributed by atoms with E-state index in [1.807, 2.05) is 12.1 Å². The minimum Gasteiger partial charge on any atom is -0.321 e. The van der Waals surface area contributed by atoms with Crippen LogP contribution in [0.1, 0.15) is 16.1 Å². The molecule has 0 bridgehead atoms. The van der Waals surface area contributed by atoms with Crippen LogP contribution in [0.4, 0.5) is 5.69 Å². The number of aryl methyl sites for hydroxylation is 1. The third-order valence-corrected chi connectivity index (χ3v) is 2.70. The van der Waals surface area contributed by atoms with Crippen LogP contribution >= 0.6 is 11.6 Å². The van der Waals surface area contributed by atoms with Gasteiger partial charge in [-0.3, -0.25) is 9.59 Å². The van der Waals surface area contributed by atoms with Gasteiger partial charge in [0.25, 0.3) is 11.5 Å². The number of aromatic nitrogens is 2. The second-order valence-electron chi connectivity index (χ2n) is 3.90. The van der Waals surface area contributed by atoms with Crippen molar-refractivity contribution in [3.8, 4) is 0 Å². The lowest BCUT2D eigenvalue weighted by Gasteiger charge is -2.05. The summed E-state index contributed by atoms with van der Waals surface area (Å²) in [6.07, 6.45) is 0.789. The van der Waals surface area contributed by atoms with Gasteiger partial charge in [-0.15, -0.1) is 11.6 Å². The summed E-state index contributed by atoms with van der Waals surface area (Å²) in [5.41, 5.74) is 1.58. The Labute approximate surface area is 114 Å². The maximum absolute atomic E-state index is 11.8. The summed E-state index contributed by atoms with van der Waals surface area (Å²) in [4.78, 5) is 22.7. The summed E-state index contributed by atoms with van der Waals surface area (Å²) in [5.74, 6) is 0.189. The fourth-order valence-electron chi connectivity index (χ4n) is 1.53. The number of rotatable bonds is 4. The topological polar surface area (TPSA) is 74.8 Å². The van der Waals surface area contributed by atoms with E-state index in [4.69, 9.17) is 11.6 Å². The Bertz CT molecular complexity index is 602. The van der Waals surface area contributed by atoms with Gasteiger partial charge in [0.1, 0.15) is 5.69 Å². The fourth-order valence-corrected chi connectivity index (χ4v) is 1.75. The normalized spacial score (nSPS) is 10.2. The number of H-pyrrole nitrogens is 1. The van der Waals surface area contributed by atoms with Gasteiger partial charge in [0.15, 0.2) is 0 Å². The van der Waals surface area contributed by atoms with Gasteiger partial charge in [0.05, 0.1) is 0 Å². The van der Waals surface area contributed by atoms with Crippen molar-refractivity contribution >= 4 is 23.2 Å². The van der Waals surface area contributed by atoms with Crippen LogP contribution in [-0.4, -0.2) is 22.0 Å². The number of halogens is 1. The first-order valence-corrected chi connectivity index (χ1v) is 6.24. The van der Waals surface area contributed by atoms with Gasteiger partial charge in [-0.1, -0.05) is 12.1 Å². The van der Waals surface area contributed by atoms with E-state index in [-0.39, 0.29) is 17.2 Å². The molecule has 1 amide bonds. The predicted molar refractivity (Wildman–Crippen MR) is 73.7 cm³/mol. The molecule has 0 aliphatic carbocycles. The minimum atomic E-state index is -0.374. The average Bonchev–Trinajstić information content (AvgIpc) is 2.42. The molecule has 2 N–H and O–H groups in total. The molecule has 19 heavy (non-hydrogen) atoms. The molecule has 0 aliphatic heterocycles. The maximum atomic E-state index is 11.8. The highest BCUT2D eigenvalue weighted by molar-refractivity contribution is 6.18. The molecule has 0 saturated carbocycles. The highest BCUT2D eigenvalue weighted by Crippen LogP contribution is 2.11. The lowest BCUT2D eigenvalue weighted by Crippen LogP contribution is -2.17. The Morgan fingerprint density at radius 3 is 2.53 bits per heavy atom. The number of aromatic amines is 1. The molecule has 0 saturated heterocycles. The van der Waals surface area contributed by atoms with Crippen LogP contribution < -0.4 is 10.9 Å². The minimum absolute atomic E-state index is 0.157. The number of benzene rings is 1. The molecule has 0 unspecified atom stereocenters. The predicted octanol–water partition coefficient (Wildman–Crippen LogP) is 1.80. The van der Waals surface area contributed by atoms with Crippen LogP contribution in [-0.2, 0) is 6.42 Å². The summed E-state index contributed by atoms with van der Waals surface area (Å²) in [6, 6.07) is 10.0. The van der Waals surface area contributed by atoms with Crippen molar-refractivity contribution in [2.24, 2.45) is 0 Å². The fraction of sp³-hybridized carbons (Fsp3) is 0.154. The molecule has 1 aromatic heterocycles. The van der Waals surface area contributed by atoms with Crippen LogP contribution in [0.5, 0.6) is 0 Å². The second-order valence-corrected chi connectivity index (χ2v) is 4.27. The number of nitrogens with one attached hydrogen (secondary N) is 2. The van der Waals surface area contributed by atoms with Gasteiger partial charge < -0.3 is 5.32 Å². The number of carbonyl (C=O) groups excluding carboxylic acids is 1. The number of hydrogen-bond acceptors (Lipinski definition) is 3. The zero-order valence-corrected chi connectivity index (χ0v) is 10.8. The van der Waals surface area contributed by atoms with Crippen LogP contribution in [0, 0.1) is 0 Å². The summed E-state index contributed by atoms with van der Waals surface area (Å²) in [5, 5.41) is 8.56. The largest absolute Gasteiger partial charge is 0.321 e. The lowest BCUT2D eigenvalue weighted by atomic mass is 10.1. The smallest absolute Gasteiger partial charge is 0.276 e. The Morgan fingerprint density at radius 2 is 1.95 bits per heavy atom. The maximum Gasteiger partial charge on any atom is 0.276 e. The van der Waals surface area contributed by atoms with Crippen molar-refractivity contribution in [2.45, 2.75) is 6.42 Å². The van der Waals surface area contributed by atoms with E-state index >= 15 is 0 Å². The summed E-state index contributed by atoms with van der Waals surface area (Å²) < 4.78 is 0. The van der Waals surface area contributed by atoms with E-state index in [0.717, 1.165) is 12.0 Å². The molecule has 0 aliphatic rings. The first kappa shape index (κ1) is 13.3. The van der Waals surface area contributed by atoms with Crippen molar-refractivity contribution in [3.05, 3.63) is 58.0 Å². The third kappa shape index (κ3) is 3.66. The summed E-state index contributed by atoms with van der Waals surface area (Å²) in [6.45, 7) is 0. The summed E-state index contributed by atoms with van der Waals surface area (Å²) in [7, 11) is 0. The third-order valence-electron chi connectivity index (χ3n) is 2.51. The molecular formula is C13H12ClN3O2. The molecule has 0 spiro atoms. The van der Waals surface area contributed by atoms with Crippen molar-refractivity contribution < 1.29 is 4.79 Å². The second kappa shape index (κ2) is 6.15. The number of anilines is 1. The highest BCUT2D eigenvalue weighted by atomic mass is 35.5. The lowest BCUT2D eigenvalue weighted by molar-refractivity contribution is 0.102. The first-order chi connectivity index (χ1) is 9.19. The van der Waals surface area contributed by atoms with Crippen molar-refractivity contribution in [3.63, 3.8) is 0 Å². The molecule has 6 heteroatoms. The van der Waals surface area contributed by atoms with Crippen molar-refractivity contribution in [2.75, 3.05) is 11.2 Å². The molecule has 1 heterocycles. The molecular weight excluding hydrogens is 266 g/mol. The molecule has 0 atom stereocenters. The number of alkyl halides is 1. The standard InChI is InChI=1S/C13H12ClN3O2/c14-8-7-9-1-3-10(4-2-9)15-13(19)11-5-6-12(18)17-16-11/h1-6H,7-8H2,(H,15,19)(H,17,18). The van der Waals surface area contributed by atoms with E-state index in [1.54, 1.807) is 12.1 Å². The average molecular weight is 278 g/mol. The molecule has 5 nitrogen and oxygen atoms in total. The molecule has 98 valence electrons. The molecule has 1 aromatic carbocycles. The quantitative estimate of drug-likeness (QED) is 0.837. The van der Waals surface area contributed by atoms with E-state index < -0.39 is 0 Å². The van der Waals surface area contributed by atoms with E-state index in [0.29, 0.717) is 11.6 Å². The zero-order chi connectivity index (χ0) is 13.7. The molecule has 0 fully saturated rings. The Balaban J connectivity index is 2.06. The van der Waals surface area contributed by atoms with Gasteiger partial charge in [0, 0.05) is 17.6 Å². The highest BCUT2D eigenvalue weighted by Gasteiger charge is 2.07. The number of carbonyl (C=O) groups is 1. The number of hydrogen-bond donors (Lipinski definition) is 2. The van der Waals surface area contributed by atoms with Crippen LogP contribution in [0.25, 0.3) is 0 Å². The Kier molecular flexibility index (Phi) is 4.30. The van der Waals surface area contributed by atoms with Crippen molar-refractivity contribution in [1.29, 1.82) is 0 Å². The van der Waals surface area contributed by atoms with Gasteiger partial charge >= 0.3 is 0 Å². The number of amides is 1. The van der Waals surface area contributed by atoms with Gasteiger partial charge in [-0.25, -0.2) is 5.10 Å². The zero-order valence-electron chi connectivity index (χ0n) is 10.0. The van der Waals surface area contributed by atoms with Crippen LogP contribution in [0.3, 0.4) is 0 Å². The van der Waals surface area contributed by atoms with E-state index in [9.17, 15) is 9.59 Å². The molecule has 2 rings (SSSR count). The molecule has 2 aromatic rings. The van der Waals surface area contributed by atoms with Gasteiger partial charge in [-0.05, 0) is 30.2 Å². The number of nitrogens with zero attached hydrogens (tertiary/aromatic N) is 1. The Hall–Kier alpha value is -2.14. The van der Waals surface area contributed by atoms with E-state index in [1.165, 1.54) is 12.1 Å². The van der Waals surface area contributed by atoms with Gasteiger partial charge in [0.2, 0.25) is 0 Å². The van der Waals surface area contributed by atoms with Crippen LogP contribution in [0.2, 0.25) is 0 Å².